The Hall–Kier alpha value is -2.70. The number of hydrogen-bond donors (Lipinski definition) is 1. The van der Waals surface area contributed by atoms with E-state index in [0.29, 0.717) is 32.7 Å². The number of ether oxygens (including phenoxy) is 1. The number of anilines is 1. The SMILES string of the molecule is O=C(CCN1CCN(C(=O)[C@H]2CCCO2)CC1)Nc1ccccc1-c1ccccc1. The van der Waals surface area contributed by atoms with Crippen molar-refractivity contribution in [3.8, 4) is 11.1 Å². The molecule has 0 radical (unpaired) electrons. The van der Waals surface area contributed by atoms with Gasteiger partial charge in [0.15, 0.2) is 0 Å². The maximum absolute atomic E-state index is 12.6. The summed E-state index contributed by atoms with van der Waals surface area (Å²) >= 11 is 0. The summed E-state index contributed by atoms with van der Waals surface area (Å²) in [6.07, 6.45) is 2.00. The largest absolute Gasteiger partial charge is 0.368 e. The topological polar surface area (TPSA) is 61.9 Å². The quantitative estimate of drug-likeness (QED) is 0.800. The van der Waals surface area contributed by atoms with Crippen molar-refractivity contribution >= 4 is 17.5 Å². The van der Waals surface area contributed by atoms with Crippen LogP contribution in [-0.2, 0) is 14.3 Å². The summed E-state index contributed by atoms with van der Waals surface area (Å²) in [4.78, 5) is 29.2. The Morgan fingerprint density at radius 3 is 2.43 bits per heavy atom. The second kappa shape index (κ2) is 9.87. The lowest BCUT2D eigenvalue weighted by atomic mass is 10.0. The van der Waals surface area contributed by atoms with Crippen LogP contribution < -0.4 is 5.32 Å². The first-order valence-corrected chi connectivity index (χ1v) is 10.8. The zero-order chi connectivity index (χ0) is 20.8. The van der Waals surface area contributed by atoms with Gasteiger partial charge in [0.1, 0.15) is 6.10 Å². The van der Waals surface area contributed by atoms with Crippen LogP contribution in [0, 0.1) is 0 Å². The molecule has 158 valence electrons. The number of piperazine rings is 1. The van der Waals surface area contributed by atoms with Gasteiger partial charge < -0.3 is 15.0 Å². The molecule has 2 heterocycles. The molecule has 2 amide bonds. The van der Waals surface area contributed by atoms with Crippen molar-refractivity contribution in [3.05, 3.63) is 54.6 Å². The molecule has 6 heteroatoms. The van der Waals surface area contributed by atoms with Crippen LogP contribution in [-0.4, -0.2) is 67.0 Å². The third kappa shape index (κ3) is 5.07. The lowest BCUT2D eigenvalue weighted by molar-refractivity contribution is -0.142. The number of rotatable bonds is 6. The van der Waals surface area contributed by atoms with E-state index in [1.807, 2.05) is 59.5 Å². The van der Waals surface area contributed by atoms with E-state index in [0.717, 1.165) is 42.7 Å². The van der Waals surface area contributed by atoms with Crippen molar-refractivity contribution in [2.45, 2.75) is 25.4 Å². The van der Waals surface area contributed by atoms with Crippen molar-refractivity contribution in [2.24, 2.45) is 0 Å². The number of nitrogens with zero attached hydrogens (tertiary/aromatic N) is 2. The fourth-order valence-electron chi connectivity index (χ4n) is 4.10. The molecule has 2 aliphatic rings. The molecule has 1 N–H and O–H groups in total. The monoisotopic (exact) mass is 407 g/mol. The van der Waals surface area contributed by atoms with Crippen LogP contribution in [0.4, 0.5) is 5.69 Å². The summed E-state index contributed by atoms with van der Waals surface area (Å²) in [5, 5.41) is 3.07. The highest BCUT2D eigenvalue weighted by molar-refractivity contribution is 5.95. The molecular formula is C24H29N3O3. The molecule has 0 aliphatic carbocycles. The molecule has 0 aromatic heterocycles. The molecule has 6 nitrogen and oxygen atoms in total. The zero-order valence-electron chi connectivity index (χ0n) is 17.3. The summed E-state index contributed by atoms with van der Waals surface area (Å²) in [6.45, 7) is 4.40. The molecule has 0 spiro atoms. The number of carbonyl (C=O) groups is 2. The van der Waals surface area contributed by atoms with Gasteiger partial charge in [0.25, 0.3) is 5.91 Å². The summed E-state index contributed by atoms with van der Waals surface area (Å²) in [5.74, 6) is 0.138. The van der Waals surface area contributed by atoms with Gasteiger partial charge in [-0.25, -0.2) is 0 Å². The van der Waals surface area contributed by atoms with Crippen molar-refractivity contribution in [1.29, 1.82) is 0 Å². The lowest BCUT2D eigenvalue weighted by Crippen LogP contribution is -2.51. The first-order chi connectivity index (χ1) is 14.7. The van der Waals surface area contributed by atoms with Crippen LogP contribution >= 0.6 is 0 Å². The molecule has 0 bridgehead atoms. The number of amides is 2. The minimum atomic E-state index is -0.244. The van der Waals surface area contributed by atoms with Gasteiger partial charge in [-0.1, -0.05) is 48.5 Å². The van der Waals surface area contributed by atoms with Crippen molar-refractivity contribution < 1.29 is 14.3 Å². The van der Waals surface area contributed by atoms with Crippen molar-refractivity contribution in [3.63, 3.8) is 0 Å². The van der Waals surface area contributed by atoms with Gasteiger partial charge in [-0.3, -0.25) is 14.5 Å². The standard InChI is InChI=1S/C24H29N3O3/c28-23(25-21-10-5-4-9-20(21)19-7-2-1-3-8-19)12-13-26-14-16-27(17-15-26)24(29)22-11-6-18-30-22/h1-5,7-10,22H,6,11-18H2,(H,25,28)/t22-/m1/s1. The Kier molecular flexibility index (Phi) is 6.77. The predicted octanol–water partition coefficient (Wildman–Crippen LogP) is 3.01. The fraction of sp³-hybridized carbons (Fsp3) is 0.417. The number of carbonyl (C=O) groups excluding carboxylic acids is 2. The summed E-state index contributed by atoms with van der Waals surface area (Å²) in [5.41, 5.74) is 2.94. The molecule has 4 rings (SSSR count). The molecule has 2 aliphatic heterocycles. The van der Waals surface area contributed by atoms with Crippen molar-refractivity contribution in [2.75, 3.05) is 44.6 Å². The Bertz CT molecular complexity index is 857. The molecule has 0 saturated carbocycles. The molecule has 2 aromatic carbocycles. The van der Waals surface area contributed by atoms with Crippen LogP contribution in [0.25, 0.3) is 11.1 Å². The Morgan fingerprint density at radius 1 is 0.967 bits per heavy atom. The molecule has 2 aromatic rings. The number of nitrogens with one attached hydrogen (secondary N) is 1. The maximum Gasteiger partial charge on any atom is 0.251 e. The normalized spacial score (nSPS) is 19.6. The Balaban J connectivity index is 1.25. The van der Waals surface area contributed by atoms with Gasteiger partial charge in [0.05, 0.1) is 0 Å². The summed E-state index contributed by atoms with van der Waals surface area (Å²) < 4.78 is 5.51. The van der Waals surface area contributed by atoms with E-state index in [1.54, 1.807) is 0 Å². The highest BCUT2D eigenvalue weighted by Gasteiger charge is 2.30. The molecule has 30 heavy (non-hydrogen) atoms. The van der Waals surface area contributed by atoms with E-state index in [4.69, 9.17) is 4.74 Å². The van der Waals surface area contributed by atoms with Gasteiger partial charge in [0.2, 0.25) is 5.91 Å². The van der Waals surface area contributed by atoms with Gasteiger partial charge in [-0.05, 0) is 24.5 Å². The van der Waals surface area contributed by atoms with Gasteiger partial charge >= 0.3 is 0 Å². The van der Waals surface area contributed by atoms with E-state index in [9.17, 15) is 9.59 Å². The third-order valence-electron chi connectivity index (χ3n) is 5.83. The van der Waals surface area contributed by atoms with E-state index < -0.39 is 0 Å². The first kappa shape index (κ1) is 20.6. The minimum absolute atomic E-state index is 0.0104. The van der Waals surface area contributed by atoms with Gasteiger partial charge in [0, 0.05) is 57.0 Å². The number of benzene rings is 2. The highest BCUT2D eigenvalue weighted by Crippen LogP contribution is 2.27. The van der Waals surface area contributed by atoms with Crippen LogP contribution in [0.2, 0.25) is 0 Å². The molecule has 2 fully saturated rings. The second-order valence-corrected chi connectivity index (χ2v) is 7.88. The third-order valence-corrected chi connectivity index (χ3v) is 5.83. The average molecular weight is 408 g/mol. The minimum Gasteiger partial charge on any atom is -0.368 e. The van der Waals surface area contributed by atoms with Crippen molar-refractivity contribution in [1.82, 2.24) is 9.80 Å². The van der Waals surface area contributed by atoms with E-state index >= 15 is 0 Å². The zero-order valence-corrected chi connectivity index (χ0v) is 17.3. The highest BCUT2D eigenvalue weighted by atomic mass is 16.5. The Morgan fingerprint density at radius 2 is 1.70 bits per heavy atom. The van der Waals surface area contributed by atoms with Crippen LogP contribution in [0.3, 0.4) is 0 Å². The van der Waals surface area contributed by atoms with Gasteiger partial charge in [-0.15, -0.1) is 0 Å². The molecule has 1 atom stereocenters. The average Bonchev–Trinajstić information content (AvgIpc) is 3.34. The van der Waals surface area contributed by atoms with E-state index in [2.05, 4.69) is 10.2 Å². The summed E-state index contributed by atoms with van der Waals surface area (Å²) in [7, 11) is 0. The maximum atomic E-state index is 12.6. The second-order valence-electron chi connectivity index (χ2n) is 7.88. The molecule has 0 unspecified atom stereocenters. The van der Waals surface area contributed by atoms with Crippen LogP contribution in [0.15, 0.2) is 54.6 Å². The Labute approximate surface area is 177 Å². The predicted molar refractivity (Wildman–Crippen MR) is 117 cm³/mol. The first-order valence-electron chi connectivity index (χ1n) is 10.8. The van der Waals surface area contributed by atoms with Crippen LogP contribution in [0.5, 0.6) is 0 Å². The summed E-state index contributed by atoms with van der Waals surface area (Å²) in [6, 6.07) is 17.9. The van der Waals surface area contributed by atoms with E-state index in [1.165, 1.54) is 0 Å². The number of hydrogen-bond acceptors (Lipinski definition) is 4. The smallest absolute Gasteiger partial charge is 0.251 e. The van der Waals surface area contributed by atoms with Crippen LogP contribution in [0.1, 0.15) is 19.3 Å². The van der Waals surface area contributed by atoms with E-state index in [-0.39, 0.29) is 17.9 Å². The fourth-order valence-corrected chi connectivity index (χ4v) is 4.10. The molecule has 2 saturated heterocycles. The number of para-hydroxylation sites is 1. The molecular weight excluding hydrogens is 378 g/mol. The lowest BCUT2D eigenvalue weighted by Gasteiger charge is -2.35. The van der Waals surface area contributed by atoms with Gasteiger partial charge in [-0.2, -0.15) is 0 Å².